The fraction of sp³-hybridized carbons (Fsp3) is 0.429. The van der Waals surface area contributed by atoms with Crippen molar-refractivity contribution in [2.45, 2.75) is 38.8 Å². The van der Waals surface area contributed by atoms with Gasteiger partial charge in [-0.3, -0.25) is 4.79 Å². The van der Waals surface area contributed by atoms with Crippen molar-refractivity contribution >= 4 is 12.0 Å². The molecule has 0 spiro atoms. The lowest BCUT2D eigenvalue weighted by molar-refractivity contribution is -0.137. The molecule has 1 aromatic carbocycles. The van der Waals surface area contributed by atoms with Crippen molar-refractivity contribution in [2.24, 2.45) is 0 Å². The van der Waals surface area contributed by atoms with Crippen molar-refractivity contribution in [1.29, 1.82) is 0 Å². The summed E-state index contributed by atoms with van der Waals surface area (Å²) in [5, 5.41) is 14.2. The van der Waals surface area contributed by atoms with Crippen LogP contribution in [0.4, 0.5) is 4.79 Å². The van der Waals surface area contributed by atoms with Crippen LogP contribution in [-0.4, -0.2) is 23.1 Å². The summed E-state index contributed by atoms with van der Waals surface area (Å²) >= 11 is 0. The minimum atomic E-state index is -0.914. The van der Waals surface area contributed by atoms with Gasteiger partial charge in [-0.15, -0.1) is 0 Å². The van der Waals surface area contributed by atoms with E-state index in [9.17, 15) is 9.59 Å². The molecule has 19 heavy (non-hydrogen) atoms. The quantitative estimate of drug-likeness (QED) is 0.737. The van der Waals surface area contributed by atoms with Crippen molar-refractivity contribution < 1.29 is 14.7 Å². The summed E-state index contributed by atoms with van der Waals surface area (Å²) < 4.78 is 0. The SMILES string of the molecule is CCC(CC(=O)O)NC(=O)NC(C)c1ccccc1. The average molecular weight is 264 g/mol. The number of carbonyl (C=O) groups excluding carboxylic acids is 1. The van der Waals surface area contributed by atoms with E-state index in [0.29, 0.717) is 6.42 Å². The second kappa shape index (κ2) is 7.41. The third-order valence-corrected chi connectivity index (χ3v) is 2.90. The lowest BCUT2D eigenvalue weighted by Crippen LogP contribution is -2.43. The summed E-state index contributed by atoms with van der Waals surface area (Å²) in [6.07, 6.45) is 0.517. The van der Waals surface area contributed by atoms with E-state index in [2.05, 4.69) is 10.6 Å². The average Bonchev–Trinajstić information content (AvgIpc) is 2.38. The molecule has 0 heterocycles. The minimum absolute atomic E-state index is 0.0658. The lowest BCUT2D eigenvalue weighted by Gasteiger charge is -2.19. The number of rotatable bonds is 6. The van der Waals surface area contributed by atoms with Gasteiger partial charge >= 0.3 is 12.0 Å². The van der Waals surface area contributed by atoms with E-state index >= 15 is 0 Å². The first-order valence-corrected chi connectivity index (χ1v) is 6.36. The molecule has 2 atom stereocenters. The summed E-state index contributed by atoms with van der Waals surface area (Å²) in [4.78, 5) is 22.4. The molecule has 2 unspecified atom stereocenters. The van der Waals surface area contributed by atoms with Gasteiger partial charge in [0, 0.05) is 6.04 Å². The van der Waals surface area contributed by atoms with Gasteiger partial charge in [0.25, 0.3) is 0 Å². The van der Waals surface area contributed by atoms with Crippen LogP contribution in [0.3, 0.4) is 0 Å². The highest BCUT2D eigenvalue weighted by atomic mass is 16.4. The molecular weight excluding hydrogens is 244 g/mol. The summed E-state index contributed by atoms with van der Waals surface area (Å²) in [6, 6.07) is 8.78. The number of carboxylic acids is 1. The van der Waals surface area contributed by atoms with Crippen LogP contribution >= 0.6 is 0 Å². The highest BCUT2D eigenvalue weighted by Crippen LogP contribution is 2.10. The van der Waals surface area contributed by atoms with Crippen LogP contribution in [0.2, 0.25) is 0 Å². The number of carbonyl (C=O) groups is 2. The van der Waals surface area contributed by atoms with Crippen molar-refractivity contribution in [1.82, 2.24) is 10.6 Å². The second-order valence-electron chi connectivity index (χ2n) is 4.45. The fourth-order valence-corrected chi connectivity index (χ4v) is 1.76. The van der Waals surface area contributed by atoms with Crippen LogP contribution in [0.1, 0.15) is 38.3 Å². The maximum atomic E-state index is 11.8. The predicted molar refractivity (Wildman–Crippen MR) is 72.9 cm³/mol. The third-order valence-electron chi connectivity index (χ3n) is 2.90. The van der Waals surface area contributed by atoms with Gasteiger partial charge < -0.3 is 15.7 Å². The predicted octanol–water partition coefficient (Wildman–Crippen LogP) is 2.30. The van der Waals surface area contributed by atoms with E-state index in [-0.39, 0.29) is 24.5 Å². The summed E-state index contributed by atoms with van der Waals surface area (Å²) in [5.41, 5.74) is 1.00. The molecule has 0 aliphatic carbocycles. The Morgan fingerprint density at radius 3 is 2.37 bits per heavy atom. The van der Waals surface area contributed by atoms with E-state index < -0.39 is 5.97 Å². The zero-order valence-electron chi connectivity index (χ0n) is 11.2. The normalized spacial score (nSPS) is 13.4. The number of nitrogens with one attached hydrogen (secondary N) is 2. The fourth-order valence-electron chi connectivity index (χ4n) is 1.76. The maximum Gasteiger partial charge on any atom is 0.315 e. The molecule has 0 saturated heterocycles. The lowest BCUT2D eigenvalue weighted by atomic mass is 10.1. The molecule has 1 aromatic rings. The molecule has 5 nitrogen and oxygen atoms in total. The molecule has 104 valence electrons. The Morgan fingerprint density at radius 2 is 1.84 bits per heavy atom. The Balaban J connectivity index is 2.48. The number of amides is 2. The largest absolute Gasteiger partial charge is 0.481 e. The van der Waals surface area contributed by atoms with Crippen molar-refractivity contribution in [3.8, 4) is 0 Å². The van der Waals surface area contributed by atoms with Gasteiger partial charge in [-0.05, 0) is 18.9 Å². The van der Waals surface area contributed by atoms with Crippen LogP contribution in [0, 0.1) is 0 Å². The van der Waals surface area contributed by atoms with Gasteiger partial charge in [0.2, 0.25) is 0 Å². The molecule has 3 N–H and O–H groups in total. The summed E-state index contributed by atoms with van der Waals surface area (Å²) in [5.74, 6) is -0.914. The highest BCUT2D eigenvalue weighted by Gasteiger charge is 2.15. The minimum Gasteiger partial charge on any atom is -0.481 e. The molecular formula is C14H20N2O3. The number of aliphatic carboxylic acids is 1. The van der Waals surface area contributed by atoms with Gasteiger partial charge in [0.05, 0.1) is 12.5 Å². The molecule has 0 bridgehead atoms. The van der Waals surface area contributed by atoms with Gasteiger partial charge in [-0.25, -0.2) is 4.79 Å². The zero-order valence-corrected chi connectivity index (χ0v) is 11.2. The van der Waals surface area contributed by atoms with Gasteiger partial charge in [0.15, 0.2) is 0 Å². The van der Waals surface area contributed by atoms with E-state index in [4.69, 9.17) is 5.11 Å². The van der Waals surface area contributed by atoms with Crippen LogP contribution in [0.5, 0.6) is 0 Å². The Bertz CT molecular complexity index is 420. The zero-order chi connectivity index (χ0) is 14.3. The Kier molecular flexibility index (Phi) is 5.85. The molecule has 5 heteroatoms. The molecule has 0 radical (unpaired) electrons. The molecule has 0 aliphatic heterocycles. The standard InChI is InChI=1S/C14H20N2O3/c1-3-12(9-13(17)18)16-14(19)15-10(2)11-7-5-4-6-8-11/h4-8,10,12H,3,9H2,1-2H3,(H,17,18)(H2,15,16,19). The van der Waals surface area contributed by atoms with Gasteiger partial charge in [-0.1, -0.05) is 37.3 Å². The summed E-state index contributed by atoms with van der Waals surface area (Å²) in [7, 11) is 0. The Morgan fingerprint density at radius 1 is 1.21 bits per heavy atom. The smallest absolute Gasteiger partial charge is 0.315 e. The van der Waals surface area contributed by atoms with Crippen molar-refractivity contribution in [2.75, 3.05) is 0 Å². The van der Waals surface area contributed by atoms with Crippen molar-refractivity contribution in [3.05, 3.63) is 35.9 Å². The molecule has 0 fully saturated rings. The number of carboxylic acid groups (broad SMARTS) is 1. The van der Waals surface area contributed by atoms with Crippen molar-refractivity contribution in [3.63, 3.8) is 0 Å². The molecule has 0 saturated carbocycles. The maximum absolute atomic E-state index is 11.8. The van der Waals surface area contributed by atoms with Gasteiger partial charge in [-0.2, -0.15) is 0 Å². The van der Waals surface area contributed by atoms with Crippen LogP contribution < -0.4 is 10.6 Å². The van der Waals surface area contributed by atoms with E-state index in [1.165, 1.54) is 0 Å². The molecule has 0 aliphatic rings. The first-order chi connectivity index (χ1) is 9.02. The van der Waals surface area contributed by atoms with Crippen LogP contribution in [-0.2, 0) is 4.79 Å². The first-order valence-electron chi connectivity index (χ1n) is 6.36. The molecule has 1 rings (SSSR count). The van der Waals surface area contributed by atoms with Gasteiger partial charge in [0.1, 0.15) is 0 Å². The molecule has 2 amide bonds. The number of benzene rings is 1. The number of hydrogen-bond donors (Lipinski definition) is 3. The van der Waals surface area contributed by atoms with E-state index in [0.717, 1.165) is 5.56 Å². The molecule has 0 aromatic heterocycles. The Hall–Kier alpha value is -2.04. The first kappa shape index (κ1) is 15.0. The van der Waals surface area contributed by atoms with E-state index in [1.54, 1.807) is 0 Å². The Labute approximate surface area is 113 Å². The number of urea groups is 1. The second-order valence-corrected chi connectivity index (χ2v) is 4.45. The van der Waals surface area contributed by atoms with E-state index in [1.807, 2.05) is 44.2 Å². The monoisotopic (exact) mass is 264 g/mol. The van der Waals surface area contributed by atoms with Crippen LogP contribution in [0.25, 0.3) is 0 Å². The van der Waals surface area contributed by atoms with Crippen LogP contribution in [0.15, 0.2) is 30.3 Å². The number of hydrogen-bond acceptors (Lipinski definition) is 2. The topological polar surface area (TPSA) is 78.4 Å². The highest BCUT2D eigenvalue weighted by molar-refractivity contribution is 5.76. The summed E-state index contributed by atoms with van der Waals surface area (Å²) in [6.45, 7) is 3.72. The third kappa shape index (κ3) is 5.42.